The first kappa shape index (κ1) is 18.9. The van der Waals surface area contributed by atoms with Crippen LogP contribution in [0.2, 0.25) is 5.02 Å². The van der Waals surface area contributed by atoms with Gasteiger partial charge in [-0.15, -0.1) is 0 Å². The molecule has 0 heterocycles. The Hall–Kier alpha value is -2.40. The van der Waals surface area contributed by atoms with E-state index in [9.17, 15) is 14.0 Å². The molecule has 0 aliphatic rings. The Labute approximate surface area is 151 Å². The fourth-order valence-corrected chi connectivity index (χ4v) is 2.46. The largest absolute Gasteiger partial charge is 0.342 e. The Morgan fingerprint density at radius 2 is 1.68 bits per heavy atom. The third kappa shape index (κ3) is 6.55. The number of halogens is 2. The fourth-order valence-electron chi connectivity index (χ4n) is 2.34. The number of benzene rings is 2. The molecule has 0 bridgehead atoms. The first-order valence-electron chi connectivity index (χ1n) is 7.99. The summed E-state index contributed by atoms with van der Waals surface area (Å²) in [6, 6.07) is 13.0. The molecule has 0 aliphatic heterocycles. The lowest BCUT2D eigenvalue weighted by Gasteiger charge is -2.21. The van der Waals surface area contributed by atoms with Gasteiger partial charge in [0.25, 0.3) is 0 Å². The van der Waals surface area contributed by atoms with Crippen molar-refractivity contribution in [2.24, 2.45) is 0 Å². The van der Waals surface area contributed by atoms with Gasteiger partial charge in [-0.1, -0.05) is 23.7 Å². The van der Waals surface area contributed by atoms with Gasteiger partial charge >= 0.3 is 0 Å². The minimum absolute atomic E-state index is 0.0959. The van der Waals surface area contributed by atoms with E-state index < -0.39 is 0 Å². The van der Waals surface area contributed by atoms with Gasteiger partial charge in [0, 0.05) is 37.1 Å². The topological polar surface area (TPSA) is 49.4 Å². The van der Waals surface area contributed by atoms with E-state index in [0.29, 0.717) is 30.2 Å². The molecule has 25 heavy (non-hydrogen) atoms. The van der Waals surface area contributed by atoms with E-state index >= 15 is 0 Å². The summed E-state index contributed by atoms with van der Waals surface area (Å²) < 4.78 is 12.9. The maximum Gasteiger partial charge on any atom is 0.226 e. The van der Waals surface area contributed by atoms with Crippen molar-refractivity contribution in [3.63, 3.8) is 0 Å². The third-order valence-corrected chi connectivity index (χ3v) is 4.02. The molecule has 4 nitrogen and oxygen atoms in total. The minimum Gasteiger partial charge on any atom is -0.342 e. The van der Waals surface area contributed by atoms with E-state index in [1.54, 1.807) is 41.3 Å². The number of hydrogen-bond donors (Lipinski definition) is 1. The quantitative estimate of drug-likeness (QED) is 0.812. The standard InChI is InChI=1S/C19H20ClFN2O2/c1-14(24)23(12-10-15-2-6-17(21)7-3-15)13-11-19(25)22-18-8-4-16(20)5-9-18/h2-9H,10-13H2,1H3,(H,22,25). The van der Waals surface area contributed by atoms with Gasteiger partial charge in [0.15, 0.2) is 0 Å². The zero-order valence-electron chi connectivity index (χ0n) is 14.0. The van der Waals surface area contributed by atoms with Gasteiger partial charge < -0.3 is 10.2 Å². The second kappa shape index (κ2) is 9.18. The van der Waals surface area contributed by atoms with Gasteiger partial charge in [-0.3, -0.25) is 9.59 Å². The molecule has 2 amide bonds. The molecule has 0 aliphatic carbocycles. The monoisotopic (exact) mass is 362 g/mol. The van der Waals surface area contributed by atoms with Crippen molar-refractivity contribution in [3.8, 4) is 0 Å². The summed E-state index contributed by atoms with van der Waals surface area (Å²) in [5.41, 5.74) is 1.60. The van der Waals surface area contributed by atoms with Crippen molar-refractivity contribution >= 4 is 29.1 Å². The molecule has 0 atom stereocenters. The molecule has 0 radical (unpaired) electrons. The summed E-state index contributed by atoms with van der Waals surface area (Å²) in [6.45, 7) is 2.28. The maximum atomic E-state index is 12.9. The van der Waals surface area contributed by atoms with Gasteiger partial charge in [-0.05, 0) is 48.4 Å². The smallest absolute Gasteiger partial charge is 0.226 e. The van der Waals surface area contributed by atoms with Crippen LogP contribution in [0.1, 0.15) is 18.9 Å². The van der Waals surface area contributed by atoms with Crippen LogP contribution in [-0.2, 0) is 16.0 Å². The van der Waals surface area contributed by atoms with Crippen molar-refractivity contribution < 1.29 is 14.0 Å². The number of nitrogens with one attached hydrogen (secondary N) is 1. The fraction of sp³-hybridized carbons (Fsp3) is 0.263. The number of hydrogen-bond acceptors (Lipinski definition) is 2. The molecule has 2 aromatic rings. The summed E-state index contributed by atoms with van der Waals surface area (Å²) in [4.78, 5) is 25.4. The first-order chi connectivity index (χ1) is 11.9. The summed E-state index contributed by atoms with van der Waals surface area (Å²) >= 11 is 5.80. The molecule has 0 spiro atoms. The normalized spacial score (nSPS) is 10.4. The number of amides is 2. The number of anilines is 1. The molecular weight excluding hydrogens is 343 g/mol. The van der Waals surface area contributed by atoms with Crippen LogP contribution in [0.3, 0.4) is 0 Å². The van der Waals surface area contributed by atoms with Crippen molar-refractivity contribution in [3.05, 3.63) is 64.9 Å². The number of nitrogens with zero attached hydrogens (tertiary/aromatic N) is 1. The Balaban J connectivity index is 1.82. The van der Waals surface area contributed by atoms with Crippen LogP contribution in [0.5, 0.6) is 0 Å². The van der Waals surface area contributed by atoms with Crippen LogP contribution in [-0.4, -0.2) is 29.8 Å². The molecule has 0 aromatic heterocycles. The average Bonchev–Trinajstić information content (AvgIpc) is 2.58. The summed E-state index contributed by atoms with van der Waals surface area (Å²) in [7, 11) is 0. The summed E-state index contributed by atoms with van der Waals surface area (Å²) in [5.74, 6) is -0.553. The first-order valence-corrected chi connectivity index (χ1v) is 8.37. The van der Waals surface area contributed by atoms with Crippen LogP contribution in [0.25, 0.3) is 0 Å². The molecule has 0 unspecified atom stereocenters. The van der Waals surface area contributed by atoms with E-state index in [0.717, 1.165) is 5.56 Å². The zero-order chi connectivity index (χ0) is 18.2. The van der Waals surface area contributed by atoms with Gasteiger partial charge in [-0.2, -0.15) is 0 Å². The molecule has 132 valence electrons. The predicted molar refractivity (Wildman–Crippen MR) is 97.1 cm³/mol. The maximum absolute atomic E-state index is 12.9. The summed E-state index contributed by atoms with van der Waals surface area (Å²) in [5, 5.41) is 3.36. The van der Waals surface area contributed by atoms with Crippen LogP contribution in [0.4, 0.5) is 10.1 Å². The molecule has 0 saturated carbocycles. The molecule has 0 saturated heterocycles. The van der Waals surface area contributed by atoms with Crippen LogP contribution < -0.4 is 5.32 Å². The second-order valence-electron chi connectivity index (χ2n) is 5.69. The van der Waals surface area contributed by atoms with E-state index in [4.69, 9.17) is 11.6 Å². The van der Waals surface area contributed by atoms with E-state index in [1.165, 1.54) is 19.1 Å². The molecule has 2 rings (SSSR count). The van der Waals surface area contributed by atoms with Crippen LogP contribution in [0.15, 0.2) is 48.5 Å². The molecule has 0 fully saturated rings. The number of carbonyl (C=O) groups excluding carboxylic acids is 2. The van der Waals surface area contributed by atoms with Crippen molar-refractivity contribution in [2.45, 2.75) is 19.8 Å². The van der Waals surface area contributed by atoms with E-state index in [-0.39, 0.29) is 24.1 Å². The molecule has 2 aromatic carbocycles. The lowest BCUT2D eigenvalue weighted by atomic mass is 10.1. The van der Waals surface area contributed by atoms with Crippen molar-refractivity contribution in [1.82, 2.24) is 4.90 Å². The second-order valence-corrected chi connectivity index (χ2v) is 6.12. The average molecular weight is 363 g/mol. The van der Waals surface area contributed by atoms with Crippen LogP contribution in [0, 0.1) is 5.82 Å². The highest BCUT2D eigenvalue weighted by Gasteiger charge is 2.11. The number of rotatable bonds is 7. The molecule has 6 heteroatoms. The van der Waals surface area contributed by atoms with Crippen LogP contribution >= 0.6 is 11.6 Å². The molecular formula is C19H20ClFN2O2. The van der Waals surface area contributed by atoms with E-state index in [1.807, 2.05) is 0 Å². The number of carbonyl (C=O) groups is 2. The van der Waals surface area contributed by atoms with Gasteiger partial charge in [0.2, 0.25) is 11.8 Å². The lowest BCUT2D eigenvalue weighted by Crippen LogP contribution is -2.33. The minimum atomic E-state index is -0.286. The highest BCUT2D eigenvalue weighted by molar-refractivity contribution is 6.30. The Bertz CT molecular complexity index is 717. The van der Waals surface area contributed by atoms with Gasteiger partial charge in [-0.25, -0.2) is 4.39 Å². The van der Waals surface area contributed by atoms with Crippen molar-refractivity contribution in [1.29, 1.82) is 0 Å². The van der Waals surface area contributed by atoms with Gasteiger partial charge in [0.1, 0.15) is 5.82 Å². The Morgan fingerprint density at radius 1 is 1.04 bits per heavy atom. The zero-order valence-corrected chi connectivity index (χ0v) is 14.7. The van der Waals surface area contributed by atoms with Gasteiger partial charge in [0.05, 0.1) is 0 Å². The Kier molecular flexibility index (Phi) is 6.95. The third-order valence-electron chi connectivity index (χ3n) is 3.77. The Morgan fingerprint density at radius 3 is 2.28 bits per heavy atom. The highest BCUT2D eigenvalue weighted by Crippen LogP contribution is 2.13. The SMILES string of the molecule is CC(=O)N(CCC(=O)Nc1ccc(Cl)cc1)CCc1ccc(F)cc1. The summed E-state index contributed by atoms with van der Waals surface area (Å²) in [6.07, 6.45) is 0.810. The predicted octanol–water partition coefficient (Wildman–Crippen LogP) is 3.90. The van der Waals surface area contributed by atoms with Crippen molar-refractivity contribution in [2.75, 3.05) is 18.4 Å². The molecule has 1 N–H and O–H groups in total. The lowest BCUT2D eigenvalue weighted by molar-refractivity contribution is -0.129. The van der Waals surface area contributed by atoms with E-state index in [2.05, 4.69) is 5.32 Å². The highest BCUT2D eigenvalue weighted by atomic mass is 35.5.